The van der Waals surface area contributed by atoms with Crippen molar-refractivity contribution in [2.24, 2.45) is 0 Å². The third kappa shape index (κ3) is 3.22. The molecule has 2 heterocycles. The minimum Gasteiger partial charge on any atom is -0.480 e. The molecule has 1 N–H and O–H groups in total. The van der Waals surface area contributed by atoms with Gasteiger partial charge in [-0.2, -0.15) is 0 Å². The second-order valence-electron chi connectivity index (χ2n) is 3.22. The van der Waals surface area contributed by atoms with Crippen molar-refractivity contribution in [3.8, 4) is 0 Å². The molecule has 19 heavy (non-hydrogen) atoms. The highest BCUT2D eigenvalue weighted by atomic mass is 32.2. The molecule has 0 radical (unpaired) electrons. The highest BCUT2D eigenvalue weighted by Crippen LogP contribution is 2.25. The Hall–Kier alpha value is -2.56. The van der Waals surface area contributed by atoms with Crippen LogP contribution >= 0.6 is 11.8 Å². The van der Waals surface area contributed by atoms with Crippen molar-refractivity contribution in [1.29, 1.82) is 0 Å². The van der Waals surface area contributed by atoms with Crippen molar-refractivity contribution in [2.75, 3.05) is 0 Å². The number of carbonyl (C=O) groups is 1. The molecule has 2 aromatic heterocycles. The van der Waals surface area contributed by atoms with E-state index in [0.29, 0.717) is 5.03 Å². The van der Waals surface area contributed by atoms with E-state index in [1.54, 1.807) is 0 Å². The molecule has 0 atom stereocenters. The van der Waals surface area contributed by atoms with E-state index < -0.39 is 17.4 Å². The van der Waals surface area contributed by atoms with Crippen LogP contribution in [-0.4, -0.2) is 41.2 Å². The maximum atomic E-state index is 10.6. The zero-order valence-electron chi connectivity index (χ0n) is 9.20. The molecule has 0 unspecified atom stereocenters. The molecular formula is C8H6N6O4S. The average molecular weight is 282 g/mol. The van der Waals surface area contributed by atoms with Crippen LogP contribution in [0.15, 0.2) is 28.5 Å². The van der Waals surface area contributed by atoms with Crippen LogP contribution in [0.5, 0.6) is 0 Å². The Bertz CT molecular complexity index is 629. The molecule has 0 saturated carbocycles. The quantitative estimate of drug-likeness (QED) is 0.602. The summed E-state index contributed by atoms with van der Waals surface area (Å²) in [4.78, 5) is 24.6. The summed E-state index contributed by atoms with van der Waals surface area (Å²) in [6.07, 6.45) is 1.28. The first-order valence-corrected chi connectivity index (χ1v) is 5.64. The summed E-state index contributed by atoms with van der Waals surface area (Å²) in [7, 11) is 0. The van der Waals surface area contributed by atoms with Gasteiger partial charge in [0.15, 0.2) is 0 Å². The van der Waals surface area contributed by atoms with Gasteiger partial charge >= 0.3 is 5.97 Å². The Morgan fingerprint density at radius 1 is 1.58 bits per heavy atom. The fourth-order valence-corrected chi connectivity index (χ4v) is 1.92. The number of nitro groups is 1. The van der Waals surface area contributed by atoms with Gasteiger partial charge in [-0.3, -0.25) is 14.9 Å². The molecule has 0 aliphatic rings. The molecule has 0 aliphatic carbocycles. The Balaban J connectivity index is 2.21. The maximum Gasteiger partial charge on any atom is 0.325 e. The second kappa shape index (κ2) is 5.39. The molecule has 10 nitrogen and oxygen atoms in total. The van der Waals surface area contributed by atoms with Crippen LogP contribution in [0.4, 0.5) is 5.69 Å². The van der Waals surface area contributed by atoms with Crippen LogP contribution in [0.25, 0.3) is 0 Å². The van der Waals surface area contributed by atoms with Crippen molar-refractivity contribution < 1.29 is 14.8 Å². The van der Waals surface area contributed by atoms with Crippen LogP contribution in [0.3, 0.4) is 0 Å². The Morgan fingerprint density at radius 3 is 3.05 bits per heavy atom. The van der Waals surface area contributed by atoms with Crippen molar-refractivity contribution in [1.82, 2.24) is 25.2 Å². The van der Waals surface area contributed by atoms with Crippen molar-refractivity contribution in [3.63, 3.8) is 0 Å². The number of nitrogens with zero attached hydrogens (tertiary/aromatic N) is 6. The molecule has 0 amide bonds. The molecule has 2 rings (SSSR count). The number of aromatic nitrogens is 5. The number of hydrogen-bond acceptors (Lipinski definition) is 8. The molecular weight excluding hydrogens is 276 g/mol. The Morgan fingerprint density at radius 2 is 2.37 bits per heavy atom. The predicted octanol–water partition coefficient (Wildman–Crippen LogP) is 0.212. The van der Waals surface area contributed by atoms with E-state index in [4.69, 9.17) is 5.11 Å². The van der Waals surface area contributed by atoms with E-state index >= 15 is 0 Å². The molecule has 98 valence electrons. The summed E-state index contributed by atoms with van der Waals surface area (Å²) >= 11 is 0.942. The van der Waals surface area contributed by atoms with Gasteiger partial charge in [0.2, 0.25) is 5.16 Å². The predicted molar refractivity (Wildman–Crippen MR) is 60.5 cm³/mol. The van der Waals surface area contributed by atoms with Crippen LogP contribution in [-0.2, 0) is 11.3 Å². The molecule has 0 bridgehead atoms. The number of tetrazole rings is 1. The lowest BCUT2D eigenvalue weighted by molar-refractivity contribution is -0.385. The summed E-state index contributed by atoms with van der Waals surface area (Å²) in [6.45, 7) is -0.399. The van der Waals surface area contributed by atoms with Crippen LogP contribution in [0.2, 0.25) is 0 Å². The second-order valence-corrected chi connectivity index (χ2v) is 4.21. The lowest BCUT2D eigenvalue weighted by atomic mass is 10.4. The highest BCUT2D eigenvalue weighted by Gasteiger charge is 2.14. The first-order chi connectivity index (χ1) is 9.06. The highest BCUT2D eigenvalue weighted by molar-refractivity contribution is 7.99. The van der Waals surface area contributed by atoms with Gasteiger partial charge in [0.1, 0.15) is 11.6 Å². The van der Waals surface area contributed by atoms with Gasteiger partial charge in [-0.1, -0.05) is 0 Å². The largest absolute Gasteiger partial charge is 0.480 e. The first-order valence-electron chi connectivity index (χ1n) is 4.82. The van der Waals surface area contributed by atoms with E-state index in [9.17, 15) is 14.9 Å². The Labute approximate surface area is 109 Å². The zero-order chi connectivity index (χ0) is 13.8. The minimum absolute atomic E-state index is 0.116. The monoisotopic (exact) mass is 282 g/mol. The third-order valence-corrected chi connectivity index (χ3v) is 2.82. The molecule has 0 saturated heterocycles. The molecule has 0 aromatic carbocycles. The number of carboxylic acid groups (broad SMARTS) is 1. The fourth-order valence-electron chi connectivity index (χ4n) is 1.16. The Kier molecular flexibility index (Phi) is 3.66. The fraction of sp³-hybridized carbons (Fsp3) is 0.125. The number of aliphatic carboxylic acids is 1. The molecule has 0 aliphatic heterocycles. The van der Waals surface area contributed by atoms with Crippen molar-refractivity contribution in [2.45, 2.75) is 16.7 Å². The van der Waals surface area contributed by atoms with Gasteiger partial charge in [-0.15, -0.1) is 5.10 Å². The smallest absolute Gasteiger partial charge is 0.325 e. The van der Waals surface area contributed by atoms with E-state index in [0.717, 1.165) is 16.4 Å². The maximum absolute atomic E-state index is 10.6. The first kappa shape index (κ1) is 12.9. The van der Waals surface area contributed by atoms with E-state index in [2.05, 4.69) is 20.5 Å². The summed E-state index contributed by atoms with van der Waals surface area (Å²) in [5, 5.41) is 30.2. The summed E-state index contributed by atoms with van der Waals surface area (Å²) in [5.41, 5.74) is -0.116. The van der Waals surface area contributed by atoms with Crippen LogP contribution in [0, 0.1) is 10.1 Å². The number of hydrogen-bond donors (Lipinski definition) is 1. The van der Waals surface area contributed by atoms with E-state index in [-0.39, 0.29) is 10.8 Å². The van der Waals surface area contributed by atoms with E-state index in [1.165, 1.54) is 18.3 Å². The van der Waals surface area contributed by atoms with Gasteiger partial charge in [0.05, 0.1) is 4.92 Å². The van der Waals surface area contributed by atoms with Gasteiger partial charge in [0, 0.05) is 18.3 Å². The minimum atomic E-state index is -1.10. The van der Waals surface area contributed by atoms with Gasteiger partial charge in [0.25, 0.3) is 5.69 Å². The van der Waals surface area contributed by atoms with Crippen LogP contribution < -0.4 is 0 Å². The van der Waals surface area contributed by atoms with Crippen LogP contribution in [0.1, 0.15) is 0 Å². The van der Waals surface area contributed by atoms with Crippen molar-refractivity contribution in [3.05, 3.63) is 28.4 Å². The van der Waals surface area contributed by atoms with E-state index in [1.807, 2.05) is 0 Å². The third-order valence-electron chi connectivity index (χ3n) is 1.91. The average Bonchev–Trinajstić information content (AvgIpc) is 2.76. The molecule has 11 heteroatoms. The van der Waals surface area contributed by atoms with Crippen molar-refractivity contribution >= 4 is 23.4 Å². The summed E-state index contributed by atoms with van der Waals surface area (Å²) in [5.74, 6) is -1.10. The number of pyridine rings is 1. The lowest BCUT2D eigenvalue weighted by Crippen LogP contribution is -2.11. The molecule has 0 spiro atoms. The lowest BCUT2D eigenvalue weighted by Gasteiger charge is -2.00. The molecule has 2 aromatic rings. The van der Waals surface area contributed by atoms with Gasteiger partial charge in [-0.05, 0) is 22.2 Å². The summed E-state index contributed by atoms with van der Waals surface area (Å²) < 4.78 is 1.06. The molecule has 0 fully saturated rings. The standard InChI is InChI=1S/C8H6N6O4S/c15-7(16)4-13-8(10-11-12-13)19-6-3-5(14(17)18)1-2-9-6/h1-3H,4H2,(H,15,16). The SMILES string of the molecule is O=C(O)Cn1nnnc1Sc1cc([N+](=O)[O-])ccn1. The number of carboxylic acids is 1. The number of rotatable bonds is 5. The van der Waals surface area contributed by atoms with Gasteiger partial charge < -0.3 is 5.11 Å². The van der Waals surface area contributed by atoms with Gasteiger partial charge in [-0.25, -0.2) is 9.67 Å². The normalized spacial score (nSPS) is 10.3. The topological polar surface area (TPSA) is 137 Å². The summed E-state index contributed by atoms with van der Waals surface area (Å²) in [6, 6.07) is 2.51. The zero-order valence-corrected chi connectivity index (χ0v) is 10.0.